The summed E-state index contributed by atoms with van der Waals surface area (Å²) >= 11 is 8.16. The summed E-state index contributed by atoms with van der Waals surface area (Å²) in [5, 5.41) is 6.02. The molecule has 0 spiro atoms. The van der Waals surface area contributed by atoms with Gasteiger partial charge in [-0.3, -0.25) is 0 Å². The summed E-state index contributed by atoms with van der Waals surface area (Å²) in [5.41, 5.74) is 1.23. The number of amidine groups is 1. The Balaban J connectivity index is 2.11. The molecule has 1 aliphatic heterocycles. The number of hydrogen-bond donors (Lipinski definition) is 1. The summed E-state index contributed by atoms with van der Waals surface area (Å²) in [6.45, 7) is 0. The van der Waals surface area contributed by atoms with Crippen LogP contribution in [0.2, 0.25) is 0 Å². The minimum Gasteiger partial charge on any atom is -0.437 e. The van der Waals surface area contributed by atoms with Crippen LogP contribution in [0, 0.1) is 5.82 Å². The zero-order valence-electron chi connectivity index (χ0n) is 13.3. The van der Waals surface area contributed by atoms with Gasteiger partial charge in [-0.15, -0.1) is 11.3 Å². The quantitative estimate of drug-likeness (QED) is 0.489. The molecule has 0 saturated heterocycles. The molecule has 1 aromatic carbocycles. The number of nitrogens with one attached hydrogen (secondary N) is 1. The van der Waals surface area contributed by atoms with Crippen molar-refractivity contribution in [2.24, 2.45) is 4.99 Å². The van der Waals surface area contributed by atoms with E-state index in [2.05, 4.69) is 51.9 Å². The lowest BCUT2D eigenvalue weighted by Gasteiger charge is -2.26. The van der Waals surface area contributed by atoms with Crippen LogP contribution in [0.4, 0.5) is 9.18 Å². The molecular formula is C16H12Br2FN3O3S. The molecule has 1 aromatic heterocycles. The molecule has 0 aliphatic carbocycles. The van der Waals surface area contributed by atoms with Crippen LogP contribution < -0.4 is 5.32 Å². The van der Waals surface area contributed by atoms with E-state index in [1.165, 1.54) is 30.6 Å². The van der Waals surface area contributed by atoms with Crippen LogP contribution in [0.15, 0.2) is 50.7 Å². The molecular weight excluding hydrogens is 493 g/mol. The maximum atomic E-state index is 13.5. The van der Waals surface area contributed by atoms with Crippen molar-refractivity contribution in [1.29, 1.82) is 0 Å². The van der Waals surface area contributed by atoms with Gasteiger partial charge >= 0.3 is 6.16 Å². The number of rotatable bonds is 4. The topological polar surface area (TPSA) is 72.8 Å². The zero-order chi connectivity index (χ0) is 18.7. The van der Waals surface area contributed by atoms with Crippen LogP contribution in [0.3, 0.4) is 0 Å². The van der Waals surface area contributed by atoms with Gasteiger partial charge in [0.2, 0.25) is 0 Å². The molecule has 1 atom stereocenters. The van der Waals surface area contributed by atoms with Crippen LogP contribution in [-0.2, 0) is 9.47 Å². The average molecular weight is 505 g/mol. The molecule has 0 bridgehead atoms. The normalized spacial score (nSPS) is 16.8. The lowest BCUT2D eigenvalue weighted by atomic mass is 10.0. The van der Waals surface area contributed by atoms with E-state index in [0.717, 1.165) is 0 Å². The third-order valence-corrected chi connectivity index (χ3v) is 5.49. The van der Waals surface area contributed by atoms with E-state index < -0.39 is 12.2 Å². The van der Waals surface area contributed by atoms with Crippen molar-refractivity contribution in [3.05, 3.63) is 62.1 Å². The summed E-state index contributed by atoms with van der Waals surface area (Å²) in [4.78, 5) is 20.6. The fourth-order valence-corrected chi connectivity index (χ4v) is 3.89. The van der Waals surface area contributed by atoms with Crippen molar-refractivity contribution in [3.63, 3.8) is 0 Å². The molecule has 2 heterocycles. The first-order valence-electron chi connectivity index (χ1n) is 7.28. The summed E-state index contributed by atoms with van der Waals surface area (Å²) in [6, 6.07) is 3.56. The number of methoxy groups -OCH3 is 1. The molecule has 26 heavy (non-hydrogen) atoms. The van der Waals surface area contributed by atoms with Gasteiger partial charge in [0.15, 0.2) is 16.6 Å². The van der Waals surface area contributed by atoms with E-state index in [-0.39, 0.29) is 11.6 Å². The molecule has 2 aromatic rings. The van der Waals surface area contributed by atoms with Crippen LogP contribution in [-0.4, -0.2) is 29.4 Å². The van der Waals surface area contributed by atoms with Gasteiger partial charge in [0.1, 0.15) is 11.9 Å². The number of allylic oxidation sites excluding steroid dienone is 1. The number of carbonyl (C=O) groups is 1. The lowest BCUT2D eigenvalue weighted by molar-refractivity contribution is 0.0913. The predicted octanol–water partition coefficient (Wildman–Crippen LogP) is 4.53. The molecule has 1 aliphatic rings. The number of aliphatic imine (C=N–C) groups is 1. The number of hydrogen-bond acceptors (Lipinski definition) is 7. The zero-order valence-corrected chi connectivity index (χ0v) is 17.3. The second-order valence-electron chi connectivity index (χ2n) is 5.04. The Kier molecular flexibility index (Phi) is 6.05. The van der Waals surface area contributed by atoms with Gasteiger partial charge < -0.3 is 14.8 Å². The second kappa shape index (κ2) is 8.28. The Morgan fingerprint density at radius 1 is 1.46 bits per heavy atom. The molecule has 1 N–H and O–H groups in total. The van der Waals surface area contributed by atoms with E-state index in [9.17, 15) is 9.18 Å². The van der Waals surface area contributed by atoms with E-state index in [0.29, 0.717) is 31.9 Å². The first-order chi connectivity index (χ1) is 12.5. The molecule has 0 amide bonds. The highest BCUT2D eigenvalue weighted by molar-refractivity contribution is 9.10. The van der Waals surface area contributed by atoms with Crippen LogP contribution in [0.25, 0.3) is 0 Å². The summed E-state index contributed by atoms with van der Waals surface area (Å²) in [6.07, 6.45) is 0.807. The highest BCUT2D eigenvalue weighted by Gasteiger charge is 2.31. The third-order valence-electron chi connectivity index (χ3n) is 3.46. The fraction of sp³-hybridized carbons (Fsp3) is 0.188. The fourth-order valence-electron chi connectivity index (χ4n) is 2.32. The number of thiazole rings is 1. The standard InChI is InChI=1S/C16H12Br2FN3O3S/c1-24-16(23)25-13-11(7-17)21-14(15-20-4-5-26-15)22-12(13)9-3-2-8(19)6-10(9)18/h2-6,12H,7H2,1H3,(H,21,22). The van der Waals surface area contributed by atoms with Gasteiger partial charge in [-0.2, -0.15) is 0 Å². The van der Waals surface area contributed by atoms with Gasteiger partial charge in [-0.1, -0.05) is 37.9 Å². The second-order valence-corrected chi connectivity index (χ2v) is 7.35. The Labute approximate surface area is 169 Å². The number of halogens is 3. The molecule has 136 valence electrons. The van der Waals surface area contributed by atoms with Crippen molar-refractivity contribution in [3.8, 4) is 0 Å². The van der Waals surface area contributed by atoms with Gasteiger partial charge in [0.05, 0.1) is 12.8 Å². The first-order valence-corrected chi connectivity index (χ1v) is 10.1. The molecule has 10 heteroatoms. The number of benzene rings is 1. The number of alkyl halides is 1. The maximum absolute atomic E-state index is 13.5. The van der Waals surface area contributed by atoms with Gasteiger partial charge in [0.25, 0.3) is 0 Å². The molecule has 6 nitrogen and oxygen atoms in total. The van der Waals surface area contributed by atoms with E-state index in [1.54, 1.807) is 12.3 Å². The van der Waals surface area contributed by atoms with Crippen molar-refractivity contribution in [2.75, 3.05) is 12.4 Å². The van der Waals surface area contributed by atoms with Gasteiger partial charge in [0, 0.05) is 21.4 Å². The smallest absolute Gasteiger partial charge is 0.437 e. The summed E-state index contributed by atoms with van der Waals surface area (Å²) in [7, 11) is 1.22. The molecule has 0 fully saturated rings. The van der Waals surface area contributed by atoms with E-state index in [4.69, 9.17) is 4.74 Å². The van der Waals surface area contributed by atoms with E-state index in [1.807, 2.05) is 5.38 Å². The SMILES string of the molecule is COC(=O)OC1=C(CBr)NC(c2nccs2)=NC1c1ccc(F)cc1Br. The third kappa shape index (κ3) is 3.97. The largest absolute Gasteiger partial charge is 0.513 e. The van der Waals surface area contributed by atoms with Crippen LogP contribution in [0.1, 0.15) is 16.6 Å². The van der Waals surface area contributed by atoms with Crippen molar-refractivity contribution in [2.45, 2.75) is 6.04 Å². The Bertz CT molecular complexity index is 887. The predicted molar refractivity (Wildman–Crippen MR) is 103 cm³/mol. The maximum Gasteiger partial charge on any atom is 0.513 e. The number of carbonyl (C=O) groups excluding carboxylic acids is 1. The van der Waals surface area contributed by atoms with Gasteiger partial charge in [-0.05, 0) is 17.7 Å². The minimum absolute atomic E-state index is 0.265. The monoisotopic (exact) mass is 503 g/mol. The summed E-state index contributed by atoms with van der Waals surface area (Å²) < 4.78 is 24.0. The number of nitrogens with zero attached hydrogens (tertiary/aromatic N) is 2. The molecule has 1 unspecified atom stereocenters. The van der Waals surface area contributed by atoms with E-state index >= 15 is 0 Å². The van der Waals surface area contributed by atoms with Crippen molar-refractivity contribution >= 4 is 55.2 Å². The van der Waals surface area contributed by atoms with Crippen LogP contribution >= 0.6 is 43.2 Å². The van der Waals surface area contributed by atoms with Crippen LogP contribution in [0.5, 0.6) is 0 Å². The Morgan fingerprint density at radius 2 is 2.27 bits per heavy atom. The first kappa shape index (κ1) is 19.0. The van der Waals surface area contributed by atoms with Gasteiger partial charge in [-0.25, -0.2) is 19.2 Å². The number of ether oxygens (including phenoxy) is 2. The Hall–Kier alpha value is -1.78. The Morgan fingerprint density at radius 3 is 2.88 bits per heavy atom. The molecule has 3 rings (SSSR count). The number of aromatic nitrogens is 1. The minimum atomic E-state index is -0.864. The lowest BCUT2D eigenvalue weighted by Crippen LogP contribution is -2.33. The summed E-state index contributed by atoms with van der Waals surface area (Å²) in [5.74, 6) is 0.410. The molecule has 0 saturated carbocycles. The highest BCUT2D eigenvalue weighted by Crippen LogP contribution is 2.37. The van der Waals surface area contributed by atoms with Crippen molar-refractivity contribution < 1.29 is 18.7 Å². The highest BCUT2D eigenvalue weighted by atomic mass is 79.9. The average Bonchev–Trinajstić information content (AvgIpc) is 3.16. The van der Waals surface area contributed by atoms with Crippen molar-refractivity contribution in [1.82, 2.24) is 10.3 Å². The molecule has 0 radical (unpaired) electrons.